The molecule has 4 aromatic rings. The van der Waals surface area contributed by atoms with Crippen LogP contribution in [-0.2, 0) is 45.0 Å². The number of nitrogens with one attached hydrogen (secondary N) is 4. The topological polar surface area (TPSA) is 244 Å². The minimum atomic E-state index is -1.85. The highest BCUT2D eigenvalue weighted by Gasteiger charge is 2.44. The van der Waals surface area contributed by atoms with Crippen LogP contribution in [0.15, 0.2) is 109 Å². The number of hydrogen-bond acceptors (Lipinski definition) is 11. The fraction of sp³-hybridized carbons (Fsp3) is 0.326. The number of aldehydes is 1. The van der Waals surface area contributed by atoms with Crippen molar-refractivity contribution in [3.8, 4) is 11.1 Å². The van der Waals surface area contributed by atoms with Crippen molar-refractivity contribution < 1.29 is 44.2 Å². The number of benzene rings is 4. The van der Waals surface area contributed by atoms with Crippen LogP contribution >= 0.6 is 0 Å². The molecule has 324 valence electrons. The van der Waals surface area contributed by atoms with Crippen molar-refractivity contribution >= 4 is 42.5 Å². The maximum absolute atomic E-state index is 14.9. The van der Waals surface area contributed by atoms with Crippen LogP contribution in [0.1, 0.15) is 51.9 Å². The fourth-order valence-corrected chi connectivity index (χ4v) is 8.16. The molecule has 0 spiro atoms. The van der Waals surface area contributed by atoms with Crippen LogP contribution in [-0.4, -0.2) is 106 Å². The number of amides is 4. The Morgan fingerprint density at radius 1 is 0.903 bits per heavy atom. The molecule has 2 bridgehead atoms. The summed E-state index contributed by atoms with van der Waals surface area (Å²) in [7, 11) is -1.85. The van der Waals surface area contributed by atoms with E-state index in [1.807, 2.05) is 36.4 Å². The van der Waals surface area contributed by atoms with Crippen LogP contribution in [0.2, 0.25) is 0 Å². The molecular formula is C46H53BN6O9. The largest absolute Gasteiger partial charge is 0.489 e. The zero-order valence-electron chi connectivity index (χ0n) is 34.3. The highest BCUT2D eigenvalue weighted by molar-refractivity contribution is 6.60. The van der Waals surface area contributed by atoms with E-state index in [4.69, 9.17) is 5.73 Å². The van der Waals surface area contributed by atoms with Gasteiger partial charge in [-0.3, -0.25) is 34.6 Å². The molecule has 4 amide bonds. The Bertz CT molecular complexity index is 2240. The van der Waals surface area contributed by atoms with E-state index in [2.05, 4.69) is 21.3 Å². The number of rotatable bonds is 8. The molecule has 2 heterocycles. The minimum absolute atomic E-state index is 0.0493. The smallest absolute Gasteiger partial charge is 0.423 e. The molecule has 0 aliphatic carbocycles. The molecule has 0 saturated carbocycles. The van der Waals surface area contributed by atoms with Gasteiger partial charge in [0.1, 0.15) is 24.8 Å². The molecule has 0 radical (unpaired) electrons. The van der Waals surface area contributed by atoms with E-state index in [-0.39, 0.29) is 49.9 Å². The van der Waals surface area contributed by atoms with Gasteiger partial charge in [0.2, 0.25) is 23.6 Å². The van der Waals surface area contributed by atoms with Crippen molar-refractivity contribution in [3.63, 3.8) is 0 Å². The van der Waals surface area contributed by atoms with Crippen molar-refractivity contribution in [2.24, 2.45) is 11.1 Å². The molecule has 15 nitrogen and oxygen atoms in total. The Morgan fingerprint density at radius 2 is 1.61 bits per heavy atom. The maximum atomic E-state index is 14.9. The third kappa shape index (κ3) is 11.9. The van der Waals surface area contributed by atoms with Crippen LogP contribution in [0.5, 0.6) is 0 Å². The first-order valence-electron chi connectivity index (χ1n) is 20.7. The Morgan fingerprint density at radius 3 is 2.32 bits per heavy atom. The number of carbonyl (C=O) groups excluding carboxylic acids is 5. The summed E-state index contributed by atoms with van der Waals surface area (Å²) in [5, 5.41) is 53.1. The van der Waals surface area contributed by atoms with E-state index in [1.54, 1.807) is 53.4 Å². The SMILES string of the molecule is NC(=O)[C@@H]1CCNC(O)/C=C/C(=O)N2CCC[C@](Cc3ccccc3)(C2)C(=O)N[C@@H](Cc2ccc(-c3ccc(C=O)c(B(O)O)c3)cc2)C(=O)NCc2ccccc2CC(O)N1. The molecule has 1 saturated heterocycles. The number of nitrogens with zero attached hydrogens (tertiary/aromatic N) is 1. The van der Waals surface area contributed by atoms with Gasteiger partial charge in [-0.15, -0.1) is 0 Å². The summed E-state index contributed by atoms with van der Waals surface area (Å²) in [4.78, 5) is 68.2. The fourth-order valence-electron chi connectivity index (χ4n) is 8.16. The number of piperidine rings is 1. The second-order valence-corrected chi connectivity index (χ2v) is 15.9. The van der Waals surface area contributed by atoms with E-state index in [0.717, 1.165) is 5.56 Å². The van der Waals surface area contributed by atoms with Gasteiger partial charge >= 0.3 is 7.12 Å². The third-order valence-corrected chi connectivity index (χ3v) is 11.5. The average Bonchev–Trinajstić information content (AvgIpc) is 3.27. The highest BCUT2D eigenvalue weighted by Crippen LogP contribution is 2.35. The lowest BCUT2D eigenvalue weighted by molar-refractivity contribution is -0.141. The van der Waals surface area contributed by atoms with Gasteiger partial charge in [-0.1, -0.05) is 97.1 Å². The Kier molecular flexibility index (Phi) is 15.6. The standard InChI is InChI=1S/C46H53BN6O9/c48-43(58)38-19-21-49-40(55)17-18-42(57)53-22-6-20-46(29-53,26-31-7-2-1-3-8-31)45(60)52-39(44(59)50-27-35-10-5-4-9-33(35)25-41(56)51-38)23-30-11-13-32(14-12-30)34-15-16-36(28-54)37(24-34)47(61)62/h1-5,7-18,24,28,38-41,49,51,55-56,61-62H,6,19-23,25-27,29H2,(H2,48,58)(H,50,59)(H,52,60)/b18-17+/t38-,39-,40?,41?,46-/m0/s1. The summed E-state index contributed by atoms with van der Waals surface area (Å²) in [6.07, 6.45) is 2.16. The van der Waals surface area contributed by atoms with Crippen LogP contribution in [0, 0.1) is 5.41 Å². The summed E-state index contributed by atoms with van der Waals surface area (Å²) in [6, 6.07) is 26.6. The molecule has 62 heavy (non-hydrogen) atoms. The van der Waals surface area contributed by atoms with E-state index in [9.17, 15) is 44.2 Å². The third-order valence-electron chi connectivity index (χ3n) is 11.5. The molecular weight excluding hydrogens is 791 g/mol. The van der Waals surface area contributed by atoms with Gasteiger partial charge in [-0.05, 0) is 77.1 Å². The molecule has 1 fully saturated rings. The first kappa shape index (κ1) is 45.5. The normalized spacial score (nSPS) is 23.7. The maximum Gasteiger partial charge on any atom is 0.489 e. The second kappa shape index (κ2) is 21.2. The number of carbonyl (C=O) groups is 5. The highest BCUT2D eigenvalue weighted by atomic mass is 16.4. The molecule has 5 atom stereocenters. The van der Waals surface area contributed by atoms with Crippen LogP contribution in [0.4, 0.5) is 0 Å². The molecule has 16 heteroatoms. The van der Waals surface area contributed by atoms with Crippen molar-refractivity contribution in [2.45, 2.75) is 69.6 Å². The number of fused-ring (bicyclic) bond motifs is 3. The second-order valence-electron chi connectivity index (χ2n) is 15.9. The van der Waals surface area contributed by atoms with Gasteiger partial charge < -0.3 is 41.5 Å². The van der Waals surface area contributed by atoms with Crippen LogP contribution in [0.3, 0.4) is 0 Å². The lowest BCUT2D eigenvalue weighted by Crippen LogP contribution is -2.58. The van der Waals surface area contributed by atoms with E-state index in [1.165, 1.54) is 24.3 Å². The van der Waals surface area contributed by atoms with E-state index in [0.29, 0.717) is 59.9 Å². The van der Waals surface area contributed by atoms with Crippen LogP contribution < -0.4 is 32.5 Å². The molecule has 4 aromatic carbocycles. The number of aliphatic hydroxyl groups is 2. The molecule has 10 N–H and O–H groups in total. The summed E-state index contributed by atoms with van der Waals surface area (Å²) in [5.41, 5.74) is 9.06. The average molecular weight is 845 g/mol. The van der Waals surface area contributed by atoms with Gasteiger partial charge in [-0.25, -0.2) is 0 Å². The number of nitrogens with two attached hydrogens (primary N) is 1. The lowest BCUT2D eigenvalue weighted by Gasteiger charge is -2.42. The van der Waals surface area contributed by atoms with Crippen molar-refractivity contribution in [1.82, 2.24) is 26.2 Å². The summed E-state index contributed by atoms with van der Waals surface area (Å²) in [5.74, 6) is -1.97. The van der Waals surface area contributed by atoms with Gasteiger partial charge in [-0.2, -0.15) is 0 Å². The van der Waals surface area contributed by atoms with Gasteiger partial charge in [0, 0.05) is 44.1 Å². The first-order chi connectivity index (χ1) is 29.8. The minimum Gasteiger partial charge on any atom is -0.423 e. The zero-order chi connectivity index (χ0) is 44.2. The predicted octanol–water partition coefficient (Wildman–Crippen LogP) is 0.213. The van der Waals surface area contributed by atoms with E-state index >= 15 is 0 Å². The van der Waals surface area contributed by atoms with Gasteiger partial charge in [0.05, 0.1) is 11.5 Å². The van der Waals surface area contributed by atoms with Crippen molar-refractivity contribution in [1.29, 1.82) is 0 Å². The molecule has 2 aliphatic rings. The van der Waals surface area contributed by atoms with Crippen molar-refractivity contribution in [3.05, 3.63) is 137 Å². The molecule has 2 aliphatic heterocycles. The van der Waals surface area contributed by atoms with Crippen LogP contribution in [0.25, 0.3) is 11.1 Å². The summed E-state index contributed by atoms with van der Waals surface area (Å²) in [6.45, 7) is 0.598. The van der Waals surface area contributed by atoms with Crippen molar-refractivity contribution in [2.75, 3.05) is 19.6 Å². The quantitative estimate of drug-likeness (QED) is 0.0858. The number of aliphatic hydroxyl groups excluding tert-OH is 2. The molecule has 6 rings (SSSR count). The monoisotopic (exact) mass is 844 g/mol. The summed E-state index contributed by atoms with van der Waals surface area (Å²) < 4.78 is 0. The zero-order valence-corrected chi connectivity index (χ0v) is 34.3. The first-order valence-corrected chi connectivity index (χ1v) is 20.7. The molecule has 2 unspecified atom stereocenters. The Hall–Kier alpha value is -6.01. The Balaban J connectivity index is 1.34. The predicted molar refractivity (Wildman–Crippen MR) is 233 cm³/mol. The lowest BCUT2D eigenvalue weighted by atomic mass is 9.74. The Labute approximate surface area is 360 Å². The van der Waals surface area contributed by atoms with E-state index < -0.39 is 60.7 Å². The number of hydrogen-bond donors (Lipinski definition) is 9. The number of primary amides is 1. The summed E-state index contributed by atoms with van der Waals surface area (Å²) >= 11 is 0. The van der Waals surface area contributed by atoms with Gasteiger partial charge in [0.25, 0.3) is 0 Å². The molecule has 0 aromatic heterocycles. The van der Waals surface area contributed by atoms with Gasteiger partial charge in [0.15, 0.2) is 0 Å².